The number of methoxy groups -OCH3 is 1. The summed E-state index contributed by atoms with van der Waals surface area (Å²) in [6.07, 6.45) is 1.99. The summed E-state index contributed by atoms with van der Waals surface area (Å²) in [5, 5.41) is 8.37. The fraction of sp³-hybridized carbons (Fsp3) is 0.591. The molecular weight excluding hydrogens is 322 g/mol. The molecule has 0 radical (unpaired) electrons. The predicted octanol–water partition coefficient (Wildman–Crippen LogP) is 6.06. The Kier molecular flexibility index (Phi) is 8.70. The summed E-state index contributed by atoms with van der Waals surface area (Å²) in [6, 6.07) is 6.28. The first-order valence-corrected chi connectivity index (χ1v) is 9.54. The lowest BCUT2D eigenvalue weighted by Crippen LogP contribution is -2.04. The van der Waals surface area contributed by atoms with Crippen molar-refractivity contribution >= 4 is 0 Å². The number of aromatic nitrogens is 3. The van der Waals surface area contributed by atoms with Gasteiger partial charge in [-0.15, -0.1) is 0 Å². The minimum absolute atomic E-state index is 0.346. The Hall–Kier alpha value is -1.97. The van der Waals surface area contributed by atoms with Crippen molar-refractivity contribution in [1.29, 1.82) is 0 Å². The van der Waals surface area contributed by atoms with Crippen molar-refractivity contribution in [3.8, 4) is 5.75 Å². The Morgan fingerprint density at radius 1 is 0.731 bits per heavy atom. The number of hydrogen-bond donors (Lipinski definition) is 0. The van der Waals surface area contributed by atoms with E-state index in [1.165, 1.54) is 11.3 Å². The predicted molar refractivity (Wildman–Crippen MR) is 109 cm³/mol. The summed E-state index contributed by atoms with van der Waals surface area (Å²) in [5.41, 5.74) is 4.40. The number of ether oxygens (including phenoxy) is 1. The average Bonchev–Trinajstić information content (AvgIpc) is 2.61. The van der Waals surface area contributed by atoms with Crippen LogP contribution in [0.5, 0.6) is 5.75 Å². The van der Waals surface area contributed by atoms with E-state index in [4.69, 9.17) is 4.74 Å². The molecule has 0 aliphatic carbocycles. The molecule has 0 saturated heterocycles. The third-order valence-corrected chi connectivity index (χ3v) is 4.23. The maximum atomic E-state index is 5.29. The molecule has 4 heteroatoms. The molecule has 0 fully saturated rings. The van der Waals surface area contributed by atoms with Gasteiger partial charge in [0, 0.05) is 23.9 Å². The van der Waals surface area contributed by atoms with Gasteiger partial charge in [-0.05, 0) is 29.4 Å². The van der Waals surface area contributed by atoms with E-state index in [0.717, 1.165) is 17.1 Å². The monoisotopic (exact) mass is 357 g/mol. The molecule has 2 heterocycles. The zero-order chi connectivity index (χ0) is 19.9. The minimum Gasteiger partial charge on any atom is -0.495 e. The van der Waals surface area contributed by atoms with Crippen LogP contribution in [-0.2, 0) is 0 Å². The van der Waals surface area contributed by atoms with E-state index in [9.17, 15) is 0 Å². The highest BCUT2D eigenvalue weighted by Gasteiger charge is 2.12. The van der Waals surface area contributed by atoms with E-state index in [-0.39, 0.29) is 0 Å². The molecule has 0 bridgehead atoms. The van der Waals surface area contributed by atoms with Crippen LogP contribution in [0, 0.1) is 0 Å². The van der Waals surface area contributed by atoms with Gasteiger partial charge >= 0.3 is 0 Å². The Bertz CT molecular complexity index is 635. The van der Waals surface area contributed by atoms with E-state index in [0.29, 0.717) is 23.7 Å². The van der Waals surface area contributed by atoms with Crippen molar-refractivity contribution in [2.75, 3.05) is 7.11 Å². The SMILES string of the molecule is CC(C)c1ccc(C(C)C)nc1.COc1cc(C(C)C)nnc1C(C)C. The zero-order valence-corrected chi connectivity index (χ0v) is 17.9. The Morgan fingerprint density at radius 2 is 1.35 bits per heavy atom. The third kappa shape index (κ3) is 6.40. The van der Waals surface area contributed by atoms with E-state index < -0.39 is 0 Å². The molecule has 0 amide bonds. The summed E-state index contributed by atoms with van der Waals surface area (Å²) in [6.45, 7) is 17.1. The molecule has 2 aromatic heterocycles. The lowest BCUT2D eigenvalue weighted by atomic mass is 10.0. The first-order chi connectivity index (χ1) is 12.2. The van der Waals surface area contributed by atoms with E-state index >= 15 is 0 Å². The van der Waals surface area contributed by atoms with Crippen LogP contribution in [0.1, 0.15) is 102 Å². The lowest BCUT2D eigenvalue weighted by molar-refractivity contribution is 0.400. The van der Waals surface area contributed by atoms with Crippen molar-refractivity contribution in [1.82, 2.24) is 15.2 Å². The second kappa shape index (κ2) is 10.2. The molecule has 144 valence electrons. The highest BCUT2D eigenvalue weighted by molar-refractivity contribution is 5.31. The smallest absolute Gasteiger partial charge is 0.144 e. The molecule has 0 saturated carbocycles. The van der Waals surface area contributed by atoms with Crippen LogP contribution >= 0.6 is 0 Å². The van der Waals surface area contributed by atoms with Crippen molar-refractivity contribution in [3.63, 3.8) is 0 Å². The quantitative estimate of drug-likeness (QED) is 0.652. The molecule has 4 nitrogen and oxygen atoms in total. The standard InChI is InChI=1S/C11H18N2O.C11H17N/c1-7(2)9-6-10(14-5)11(8(3)4)13-12-9;1-8(2)10-5-6-11(9(3)4)12-7-10/h6-8H,1-5H3;5-9H,1-4H3. The van der Waals surface area contributed by atoms with Crippen molar-refractivity contribution in [2.45, 2.75) is 79.1 Å². The summed E-state index contributed by atoms with van der Waals surface area (Å²) in [7, 11) is 1.67. The summed E-state index contributed by atoms with van der Waals surface area (Å²) in [4.78, 5) is 4.40. The van der Waals surface area contributed by atoms with Crippen molar-refractivity contribution in [3.05, 3.63) is 47.0 Å². The summed E-state index contributed by atoms with van der Waals surface area (Å²) in [5.74, 6) is 2.69. The lowest BCUT2D eigenvalue weighted by Gasteiger charge is -2.12. The molecule has 0 N–H and O–H groups in total. The Balaban J connectivity index is 0.000000263. The molecule has 0 atom stereocenters. The average molecular weight is 358 g/mol. The molecular formula is C22H35N3O. The molecule has 26 heavy (non-hydrogen) atoms. The number of hydrogen-bond acceptors (Lipinski definition) is 4. The largest absolute Gasteiger partial charge is 0.495 e. The first-order valence-electron chi connectivity index (χ1n) is 9.54. The fourth-order valence-corrected chi connectivity index (χ4v) is 2.34. The Morgan fingerprint density at radius 3 is 1.73 bits per heavy atom. The van der Waals surface area contributed by atoms with Crippen LogP contribution in [0.15, 0.2) is 24.4 Å². The van der Waals surface area contributed by atoms with Crippen LogP contribution < -0.4 is 4.74 Å². The maximum Gasteiger partial charge on any atom is 0.144 e. The van der Waals surface area contributed by atoms with Gasteiger partial charge in [-0.1, -0.05) is 61.5 Å². The van der Waals surface area contributed by atoms with Gasteiger partial charge in [-0.25, -0.2) is 0 Å². The summed E-state index contributed by atoms with van der Waals surface area (Å²) >= 11 is 0. The number of rotatable bonds is 5. The second-order valence-electron chi connectivity index (χ2n) is 7.86. The van der Waals surface area contributed by atoms with E-state index in [2.05, 4.69) is 82.7 Å². The van der Waals surface area contributed by atoms with Gasteiger partial charge in [0.2, 0.25) is 0 Å². The van der Waals surface area contributed by atoms with E-state index in [1.807, 2.05) is 12.3 Å². The van der Waals surface area contributed by atoms with Crippen LogP contribution in [0.25, 0.3) is 0 Å². The molecule has 0 aliphatic heterocycles. The van der Waals surface area contributed by atoms with Crippen molar-refractivity contribution < 1.29 is 4.74 Å². The molecule has 0 aromatic carbocycles. The van der Waals surface area contributed by atoms with Gasteiger partial charge in [0.25, 0.3) is 0 Å². The molecule has 0 unspecified atom stereocenters. The minimum atomic E-state index is 0.346. The maximum absolute atomic E-state index is 5.29. The van der Waals surface area contributed by atoms with Gasteiger partial charge in [0.1, 0.15) is 11.4 Å². The molecule has 0 aliphatic rings. The van der Waals surface area contributed by atoms with Crippen LogP contribution in [0.3, 0.4) is 0 Å². The highest BCUT2D eigenvalue weighted by Crippen LogP contribution is 2.25. The van der Waals surface area contributed by atoms with Crippen LogP contribution in [0.2, 0.25) is 0 Å². The second-order valence-corrected chi connectivity index (χ2v) is 7.86. The highest BCUT2D eigenvalue weighted by atomic mass is 16.5. The van der Waals surface area contributed by atoms with Gasteiger partial charge < -0.3 is 4.74 Å². The van der Waals surface area contributed by atoms with Gasteiger partial charge in [0.05, 0.1) is 12.8 Å². The zero-order valence-electron chi connectivity index (χ0n) is 17.9. The summed E-state index contributed by atoms with van der Waals surface area (Å²) < 4.78 is 5.29. The molecule has 2 rings (SSSR count). The Labute approximate surface area is 159 Å². The first kappa shape index (κ1) is 22.1. The number of pyridine rings is 1. The van der Waals surface area contributed by atoms with Crippen molar-refractivity contribution in [2.24, 2.45) is 0 Å². The van der Waals surface area contributed by atoms with Gasteiger partial charge in [-0.2, -0.15) is 10.2 Å². The topological polar surface area (TPSA) is 47.9 Å². The normalized spacial score (nSPS) is 11.1. The van der Waals surface area contributed by atoms with Crippen LogP contribution in [-0.4, -0.2) is 22.3 Å². The fourth-order valence-electron chi connectivity index (χ4n) is 2.34. The molecule has 2 aromatic rings. The number of nitrogens with zero attached hydrogens (tertiary/aromatic N) is 3. The van der Waals surface area contributed by atoms with Gasteiger partial charge in [-0.3, -0.25) is 4.98 Å². The molecule has 0 spiro atoms. The van der Waals surface area contributed by atoms with Gasteiger partial charge in [0.15, 0.2) is 0 Å². The van der Waals surface area contributed by atoms with E-state index in [1.54, 1.807) is 7.11 Å². The van der Waals surface area contributed by atoms with Crippen LogP contribution in [0.4, 0.5) is 0 Å². The third-order valence-electron chi connectivity index (χ3n) is 4.23.